The molecule has 57 heavy (non-hydrogen) atoms. The normalized spacial score (nSPS) is 13.2. The molecule has 0 saturated carbocycles. The van der Waals surface area contributed by atoms with Crippen molar-refractivity contribution < 1.29 is 0 Å². The fourth-order valence-corrected chi connectivity index (χ4v) is 9.46. The number of para-hydroxylation sites is 3. The Morgan fingerprint density at radius 1 is 0.439 bits per heavy atom. The van der Waals surface area contributed by atoms with Gasteiger partial charge in [-0.3, -0.25) is 0 Å². The lowest BCUT2D eigenvalue weighted by atomic mass is 9.81. The summed E-state index contributed by atoms with van der Waals surface area (Å²) in [6.45, 7) is 4.82. The van der Waals surface area contributed by atoms with Gasteiger partial charge in [-0.1, -0.05) is 172 Å². The molecule has 0 unspecified atom stereocenters. The molecule has 0 atom stereocenters. The highest BCUT2D eigenvalue weighted by Gasteiger charge is 2.39. The van der Waals surface area contributed by atoms with Gasteiger partial charge in [-0.05, 0) is 98.1 Å². The molecule has 1 aliphatic rings. The zero-order valence-electron chi connectivity index (χ0n) is 32.0. The summed E-state index contributed by atoms with van der Waals surface area (Å²) in [4.78, 5) is 2.30. The van der Waals surface area contributed by atoms with E-state index in [2.05, 4.69) is 230 Å². The van der Waals surface area contributed by atoms with Crippen LogP contribution in [0.5, 0.6) is 0 Å². The standard InChI is InChI=1S/C55H40N2/c1-55(2)50-35-38(26-25-37-27-30-42(31-28-37)56(40-16-5-3-6-17-40)41-18-7-4-8-19-41)29-32-45(50)48-33-34-49-47-23-13-14-24-51(47)57(54(49)53(48)55)52-36-39-15-9-10-20-43(39)44-21-11-12-22-46(44)52/h3-36H,1-2H3. The van der Waals surface area contributed by atoms with Crippen LogP contribution < -0.4 is 4.90 Å². The van der Waals surface area contributed by atoms with Crippen molar-refractivity contribution >= 4 is 72.6 Å². The second kappa shape index (κ2) is 13.0. The van der Waals surface area contributed by atoms with Crippen LogP contribution in [-0.2, 0) is 5.41 Å². The second-order valence-electron chi connectivity index (χ2n) is 15.8. The Balaban J connectivity index is 1.00. The van der Waals surface area contributed by atoms with Gasteiger partial charge < -0.3 is 9.47 Å². The molecule has 0 aliphatic heterocycles. The Morgan fingerprint density at radius 3 is 1.74 bits per heavy atom. The van der Waals surface area contributed by atoms with Crippen molar-refractivity contribution in [2.24, 2.45) is 0 Å². The summed E-state index contributed by atoms with van der Waals surface area (Å²) in [5.41, 5.74) is 14.7. The zero-order valence-corrected chi connectivity index (χ0v) is 32.0. The van der Waals surface area contributed by atoms with E-state index in [1.54, 1.807) is 0 Å². The van der Waals surface area contributed by atoms with Crippen molar-refractivity contribution in [3.8, 4) is 16.8 Å². The predicted octanol–water partition coefficient (Wildman–Crippen LogP) is 15.0. The van der Waals surface area contributed by atoms with Crippen LogP contribution in [0, 0.1) is 0 Å². The molecule has 270 valence electrons. The van der Waals surface area contributed by atoms with E-state index in [1.807, 2.05) is 0 Å². The maximum atomic E-state index is 2.56. The van der Waals surface area contributed by atoms with Gasteiger partial charge in [0.2, 0.25) is 0 Å². The van der Waals surface area contributed by atoms with Crippen LogP contribution >= 0.6 is 0 Å². The molecule has 1 heterocycles. The van der Waals surface area contributed by atoms with Crippen LogP contribution in [0.25, 0.3) is 72.3 Å². The molecule has 0 fully saturated rings. The number of rotatable bonds is 6. The van der Waals surface area contributed by atoms with E-state index in [0.717, 1.165) is 22.6 Å². The van der Waals surface area contributed by atoms with Gasteiger partial charge in [0.05, 0.1) is 16.7 Å². The Morgan fingerprint density at radius 2 is 1.00 bits per heavy atom. The van der Waals surface area contributed by atoms with E-state index in [9.17, 15) is 0 Å². The van der Waals surface area contributed by atoms with Crippen molar-refractivity contribution in [1.82, 2.24) is 4.57 Å². The third kappa shape index (κ3) is 5.25. The SMILES string of the molecule is CC1(C)c2cc(C=Cc3ccc(N(c4ccccc4)c4ccccc4)cc3)ccc2-c2ccc3c4ccccc4n(-c4cc5ccccc5c5ccccc45)c3c21. The summed E-state index contributed by atoms with van der Waals surface area (Å²) in [6.07, 6.45) is 4.49. The molecule has 2 nitrogen and oxygen atoms in total. The largest absolute Gasteiger partial charge is 0.311 e. The molecule has 1 aromatic heterocycles. The highest BCUT2D eigenvalue weighted by atomic mass is 15.1. The first-order valence-corrected chi connectivity index (χ1v) is 19.9. The van der Waals surface area contributed by atoms with Gasteiger partial charge in [-0.25, -0.2) is 0 Å². The van der Waals surface area contributed by atoms with Gasteiger partial charge in [0, 0.05) is 38.6 Å². The van der Waals surface area contributed by atoms with Gasteiger partial charge in [0.1, 0.15) is 0 Å². The number of aromatic nitrogens is 1. The Labute approximate surface area is 333 Å². The summed E-state index contributed by atoms with van der Waals surface area (Å²) in [6, 6.07) is 70.7. The molecule has 0 spiro atoms. The van der Waals surface area contributed by atoms with Crippen LogP contribution in [0.2, 0.25) is 0 Å². The van der Waals surface area contributed by atoms with E-state index in [1.165, 1.54) is 76.9 Å². The van der Waals surface area contributed by atoms with E-state index < -0.39 is 0 Å². The summed E-state index contributed by atoms with van der Waals surface area (Å²) < 4.78 is 2.56. The average Bonchev–Trinajstić information content (AvgIpc) is 3.71. The first-order chi connectivity index (χ1) is 28.0. The van der Waals surface area contributed by atoms with Crippen molar-refractivity contribution in [3.05, 3.63) is 216 Å². The predicted molar refractivity (Wildman–Crippen MR) is 243 cm³/mol. The zero-order chi connectivity index (χ0) is 38.1. The minimum atomic E-state index is -0.229. The van der Waals surface area contributed by atoms with Crippen molar-refractivity contribution in [2.45, 2.75) is 19.3 Å². The van der Waals surface area contributed by atoms with Gasteiger partial charge in [-0.2, -0.15) is 0 Å². The number of hydrogen-bond donors (Lipinski definition) is 0. The van der Waals surface area contributed by atoms with Gasteiger partial charge in [0.25, 0.3) is 0 Å². The molecule has 0 N–H and O–H groups in total. The Kier molecular flexibility index (Phi) is 7.55. The van der Waals surface area contributed by atoms with E-state index in [0.29, 0.717) is 0 Å². The fraction of sp³-hybridized carbons (Fsp3) is 0.0545. The monoisotopic (exact) mass is 728 g/mol. The molecule has 0 radical (unpaired) electrons. The van der Waals surface area contributed by atoms with Crippen LogP contribution in [0.1, 0.15) is 36.1 Å². The van der Waals surface area contributed by atoms with Gasteiger partial charge in [0.15, 0.2) is 0 Å². The smallest absolute Gasteiger partial charge is 0.0588 e. The highest BCUT2D eigenvalue weighted by Crippen LogP contribution is 2.53. The van der Waals surface area contributed by atoms with E-state index >= 15 is 0 Å². The maximum Gasteiger partial charge on any atom is 0.0588 e. The number of hydrogen-bond acceptors (Lipinski definition) is 1. The fourth-order valence-electron chi connectivity index (χ4n) is 9.46. The molecule has 9 aromatic carbocycles. The van der Waals surface area contributed by atoms with Crippen molar-refractivity contribution in [1.29, 1.82) is 0 Å². The third-order valence-corrected chi connectivity index (χ3v) is 12.1. The Bertz CT molecular complexity index is 3150. The molecule has 11 rings (SSSR count). The van der Waals surface area contributed by atoms with Gasteiger partial charge >= 0.3 is 0 Å². The van der Waals surface area contributed by atoms with E-state index in [-0.39, 0.29) is 5.41 Å². The van der Waals surface area contributed by atoms with Crippen LogP contribution in [-0.4, -0.2) is 4.57 Å². The van der Waals surface area contributed by atoms with Crippen molar-refractivity contribution in [3.63, 3.8) is 0 Å². The first kappa shape index (κ1) is 33.2. The number of benzene rings is 9. The maximum absolute atomic E-state index is 2.56. The summed E-state index contributed by atoms with van der Waals surface area (Å²) in [5.74, 6) is 0. The molecule has 2 heteroatoms. The topological polar surface area (TPSA) is 8.17 Å². The first-order valence-electron chi connectivity index (χ1n) is 19.9. The Hall–Kier alpha value is -7.16. The van der Waals surface area contributed by atoms with Crippen molar-refractivity contribution in [2.75, 3.05) is 4.90 Å². The minimum Gasteiger partial charge on any atom is -0.311 e. The van der Waals surface area contributed by atoms with Gasteiger partial charge in [-0.15, -0.1) is 0 Å². The lowest BCUT2D eigenvalue weighted by Crippen LogP contribution is -2.16. The lowest BCUT2D eigenvalue weighted by molar-refractivity contribution is 0.664. The molecule has 0 saturated heterocycles. The molecular weight excluding hydrogens is 689 g/mol. The summed E-state index contributed by atoms with van der Waals surface area (Å²) >= 11 is 0. The van der Waals surface area contributed by atoms with Crippen LogP contribution in [0.3, 0.4) is 0 Å². The molecule has 0 bridgehead atoms. The molecule has 0 amide bonds. The lowest BCUT2D eigenvalue weighted by Gasteiger charge is -2.25. The summed E-state index contributed by atoms with van der Waals surface area (Å²) in [7, 11) is 0. The highest BCUT2D eigenvalue weighted by molar-refractivity contribution is 6.17. The second-order valence-corrected chi connectivity index (χ2v) is 15.8. The van der Waals surface area contributed by atoms with Crippen LogP contribution in [0.4, 0.5) is 17.1 Å². The van der Waals surface area contributed by atoms with E-state index in [4.69, 9.17) is 0 Å². The molecule has 10 aromatic rings. The number of fused-ring (bicyclic) bond motifs is 10. The number of nitrogens with zero attached hydrogens (tertiary/aromatic N) is 2. The third-order valence-electron chi connectivity index (χ3n) is 12.1. The van der Waals surface area contributed by atoms with Crippen LogP contribution in [0.15, 0.2) is 194 Å². The molecule has 1 aliphatic carbocycles. The average molecular weight is 729 g/mol. The molecular formula is C55H40N2. The quantitative estimate of drug-likeness (QED) is 0.122. The summed E-state index contributed by atoms with van der Waals surface area (Å²) in [5, 5.41) is 7.66. The minimum absolute atomic E-state index is 0.229. The number of anilines is 3.